The Morgan fingerprint density at radius 1 is 1.47 bits per heavy atom. The van der Waals surface area contributed by atoms with Crippen molar-refractivity contribution in [3.05, 3.63) is 29.6 Å². The highest BCUT2D eigenvalue weighted by Crippen LogP contribution is 2.20. The standard InChI is InChI=1S/C15H16ClFO2/c16-8-1-3-12-11-13(17)5-6-15(12)19-10-7-14-4-2-9-18-14/h5-6,11,14H,2,4,7-10H2. The van der Waals surface area contributed by atoms with Crippen LogP contribution in [0.2, 0.25) is 0 Å². The van der Waals surface area contributed by atoms with Crippen molar-refractivity contribution in [3.63, 3.8) is 0 Å². The molecule has 0 bridgehead atoms. The molecule has 1 aromatic rings. The highest BCUT2D eigenvalue weighted by Gasteiger charge is 2.15. The van der Waals surface area contributed by atoms with E-state index in [9.17, 15) is 4.39 Å². The van der Waals surface area contributed by atoms with Crippen LogP contribution in [0.15, 0.2) is 18.2 Å². The van der Waals surface area contributed by atoms with Crippen LogP contribution in [0, 0.1) is 17.7 Å². The molecule has 102 valence electrons. The van der Waals surface area contributed by atoms with Gasteiger partial charge in [-0.1, -0.05) is 11.8 Å². The first-order valence-electron chi connectivity index (χ1n) is 6.38. The van der Waals surface area contributed by atoms with E-state index in [4.69, 9.17) is 21.1 Å². The first kappa shape index (κ1) is 14.2. The minimum absolute atomic E-state index is 0.214. The fourth-order valence-electron chi connectivity index (χ4n) is 2.03. The Bertz CT molecular complexity index is 473. The largest absolute Gasteiger partial charge is 0.492 e. The molecule has 2 rings (SSSR count). The molecule has 4 heteroatoms. The Hall–Kier alpha value is -1.24. The van der Waals surface area contributed by atoms with Gasteiger partial charge in [0.05, 0.1) is 24.2 Å². The van der Waals surface area contributed by atoms with Gasteiger partial charge in [-0.25, -0.2) is 4.39 Å². The van der Waals surface area contributed by atoms with Gasteiger partial charge in [0.25, 0.3) is 0 Å². The van der Waals surface area contributed by atoms with Crippen molar-refractivity contribution in [3.8, 4) is 17.6 Å². The number of hydrogen-bond acceptors (Lipinski definition) is 2. The maximum absolute atomic E-state index is 13.2. The van der Waals surface area contributed by atoms with E-state index in [0.717, 1.165) is 25.9 Å². The van der Waals surface area contributed by atoms with Gasteiger partial charge in [0, 0.05) is 13.0 Å². The summed E-state index contributed by atoms with van der Waals surface area (Å²) in [4.78, 5) is 0. The summed E-state index contributed by atoms with van der Waals surface area (Å²) in [5, 5.41) is 0. The third-order valence-corrected chi connectivity index (χ3v) is 3.09. The molecule has 19 heavy (non-hydrogen) atoms. The van der Waals surface area contributed by atoms with Crippen LogP contribution in [0.25, 0.3) is 0 Å². The smallest absolute Gasteiger partial charge is 0.135 e. The van der Waals surface area contributed by atoms with Crippen LogP contribution >= 0.6 is 11.6 Å². The molecule has 0 aromatic heterocycles. The Morgan fingerprint density at radius 2 is 2.37 bits per heavy atom. The van der Waals surface area contributed by atoms with Gasteiger partial charge >= 0.3 is 0 Å². The molecule has 1 heterocycles. The van der Waals surface area contributed by atoms with Crippen molar-refractivity contribution >= 4 is 11.6 Å². The molecule has 0 saturated carbocycles. The van der Waals surface area contributed by atoms with Crippen molar-refractivity contribution in [1.29, 1.82) is 0 Å². The van der Waals surface area contributed by atoms with Gasteiger partial charge in [-0.15, -0.1) is 11.6 Å². The summed E-state index contributed by atoms with van der Waals surface area (Å²) in [6.45, 7) is 1.39. The zero-order chi connectivity index (χ0) is 13.5. The quantitative estimate of drug-likeness (QED) is 0.623. The first-order valence-corrected chi connectivity index (χ1v) is 6.92. The molecule has 0 aliphatic carbocycles. The molecule has 1 fully saturated rings. The molecule has 1 atom stereocenters. The van der Waals surface area contributed by atoms with Gasteiger partial charge in [-0.2, -0.15) is 0 Å². The maximum atomic E-state index is 13.2. The molecule has 0 radical (unpaired) electrons. The summed E-state index contributed by atoms with van der Waals surface area (Å²) in [5.41, 5.74) is 0.535. The first-order chi connectivity index (χ1) is 9.29. The highest BCUT2D eigenvalue weighted by atomic mass is 35.5. The molecule has 0 N–H and O–H groups in total. The number of halogens is 2. The summed E-state index contributed by atoms with van der Waals surface area (Å²) < 4.78 is 24.3. The summed E-state index contributed by atoms with van der Waals surface area (Å²) in [6, 6.07) is 4.33. The summed E-state index contributed by atoms with van der Waals surface area (Å²) in [5.74, 6) is 5.99. The lowest BCUT2D eigenvalue weighted by atomic mass is 10.2. The molecule has 1 saturated heterocycles. The summed E-state index contributed by atoms with van der Waals surface area (Å²) in [6.07, 6.45) is 3.34. The van der Waals surface area contributed by atoms with Crippen molar-refractivity contribution < 1.29 is 13.9 Å². The number of ether oxygens (including phenoxy) is 2. The Labute approximate surface area is 117 Å². The molecule has 0 amide bonds. The molecule has 1 aromatic carbocycles. The van der Waals surface area contributed by atoms with Crippen molar-refractivity contribution in [2.24, 2.45) is 0 Å². The van der Waals surface area contributed by atoms with Crippen LogP contribution in [0.4, 0.5) is 4.39 Å². The van der Waals surface area contributed by atoms with Gasteiger partial charge in [0.2, 0.25) is 0 Å². The van der Waals surface area contributed by atoms with Gasteiger partial charge < -0.3 is 9.47 Å². The van der Waals surface area contributed by atoms with Crippen LogP contribution < -0.4 is 4.74 Å². The lowest BCUT2D eigenvalue weighted by Gasteiger charge is -2.11. The van der Waals surface area contributed by atoms with E-state index < -0.39 is 0 Å². The summed E-state index contributed by atoms with van der Waals surface area (Å²) >= 11 is 5.51. The lowest BCUT2D eigenvalue weighted by Crippen LogP contribution is -2.11. The zero-order valence-electron chi connectivity index (χ0n) is 10.6. The highest BCUT2D eigenvalue weighted by molar-refractivity contribution is 6.19. The second kappa shape index (κ2) is 7.37. The monoisotopic (exact) mass is 282 g/mol. The van der Waals surface area contributed by atoms with E-state index >= 15 is 0 Å². The van der Waals surface area contributed by atoms with Crippen LogP contribution in [0.5, 0.6) is 5.75 Å². The molecule has 1 aliphatic rings. The third kappa shape index (κ3) is 4.41. The number of alkyl halides is 1. The fraction of sp³-hybridized carbons (Fsp3) is 0.467. The number of benzene rings is 1. The predicted molar refractivity (Wildman–Crippen MR) is 73.1 cm³/mol. The minimum atomic E-state index is -0.328. The van der Waals surface area contributed by atoms with Crippen molar-refractivity contribution in [1.82, 2.24) is 0 Å². The van der Waals surface area contributed by atoms with Gasteiger partial charge in [0.1, 0.15) is 11.6 Å². The second-order valence-electron chi connectivity index (χ2n) is 4.35. The average molecular weight is 283 g/mol. The molecular formula is C15H16ClFO2. The number of rotatable bonds is 4. The maximum Gasteiger partial charge on any atom is 0.135 e. The molecule has 1 unspecified atom stereocenters. The topological polar surface area (TPSA) is 18.5 Å². The van der Waals surface area contributed by atoms with E-state index in [-0.39, 0.29) is 17.8 Å². The lowest BCUT2D eigenvalue weighted by molar-refractivity contribution is 0.0903. The van der Waals surface area contributed by atoms with E-state index in [0.29, 0.717) is 17.9 Å². The van der Waals surface area contributed by atoms with E-state index in [1.54, 1.807) is 6.07 Å². The third-order valence-electron chi connectivity index (χ3n) is 2.95. The molecule has 0 spiro atoms. The van der Waals surface area contributed by atoms with E-state index in [2.05, 4.69) is 11.8 Å². The van der Waals surface area contributed by atoms with E-state index in [1.165, 1.54) is 12.1 Å². The van der Waals surface area contributed by atoms with Gasteiger partial charge in [-0.3, -0.25) is 0 Å². The summed E-state index contributed by atoms with van der Waals surface area (Å²) in [7, 11) is 0. The average Bonchev–Trinajstić information content (AvgIpc) is 2.91. The van der Waals surface area contributed by atoms with Crippen LogP contribution in [-0.4, -0.2) is 25.2 Å². The minimum Gasteiger partial charge on any atom is -0.492 e. The predicted octanol–water partition coefficient (Wildman–Crippen LogP) is 3.36. The Kier molecular flexibility index (Phi) is 5.50. The zero-order valence-corrected chi connectivity index (χ0v) is 11.4. The second-order valence-corrected chi connectivity index (χ2v) is 4.62. The van der Waals surface area contributed by atoms with Crippen LogP contribution in [-0.2, 0) is 4.74 Å². The molecular weight excluding hydrogens is 267 g/mol. The van der Waals surface area contributed by atoms with Crippen LogP contribution in [0.3, 0.4) is 0 Å². The van der Waals surface area contributed by atoms with Gasteiger partial charge in [0.15, 0.2) is 0 Å². The normalized spacial score (nSPS) is 17.9. The van der Waals surface area contributed by atoms with E-state index in [1.807, 2.05) is 0 Å². The number of hydrogen-bond donors (Lipinski definition) is 0. The van der Waals surface area contributed by atoms with Gasteiger partial charge in [-0.05, 0) is 31.0 Å². The SMILES string of the molecule is Fc1ccc(OCCC2CCCO2)c(C#CCCl)c1. The molecule has 1 aliphatic heterocycles. The Morgan fingerprint density at radius 3 is 3.11 bits per heavy atom. The Balaban J connectivity index is 1.94. The van der Waals surface area contributed by atoms with Crippen molar-refractivity contribution in [2.75, 3.05) is 19.1 Å². The fourth-order valence-corrected chi connectivity index (χ4v) is 2.09. The van der Waals surface area contributed by atoms with Crippen LogP contribution in [0.1, 0.15) is 24.8 Å². The van der Waals surface area contributed by atoms with Crippen molar-refractivity contribution in [2.45, 2.75) is 25.4 Å². The molecule has 2 nitrogen and oxygen atoms in total.